The highest BCUT2D eigenvalue weighted by atomic mass is 79.9. The molecule has 0 radical (unpaired) electrons. The highest BCUT2D eigenvalue weighted by Gasteiger charge is 2.12. The van der Waals surface area contributed by atoms with Gasteiger partial charge in [-0.3, -0.25) is 4.98 Å². The molecule has 0 saturated carbocycles. The molecule has 1 N–H and O–H groups in total. The Labute approximate surface area is 105 Å². The molecular weight excluding hydrogens is 293 g/mol. The monoisotopic (exact) mass is 301 g/mol. The van der Waals surface area contributed by atoms with Crippen LogP contribution in [0.5, 0.6) is 0 Å². The molecule has 0 aromatic carbocycles. The van der Waals surface area contributed by atoms with Crippen LogP contribution in [-0.2, 0) is 6.42 Å². The predicted octanol–water partition coefficient (Wildman–Crippen LogP) is 3.32. The second-order valence-electron chi connectivity index (χ2n) is 3.31. The summed E-state index contributed by atoms with van der Waals surface area (Å²) in [6.45, 7) is 0. The SMILES string of the molecule is OC(Cc1sccc1Br)c1ccc(F)cn1. The van der Waals surface area contributed by atoms with Crippen LogP contribution in [0.3, 0.4) is 0 Å². The summed E-state index contributed by atoms with van der Waals surface area (Å²) in [5, 5.41) is 11.9. The van der Waals surface area contributed by atoms with Gasteiger partial charge in [0.1, 0.15) is 11.9 Å². The standard InChI is InChI=1S/C11H9BrFNOS/c12-8-3-4-16-11(8)5-10(15)9-2-1-7(13)6-14-9/h1-4,6,10,15H,5H2. The molecule has 0 amide bonds. The Bertz CT molecular complexity index is 471. The van der Waals surface area contributed by atoms with Crippen molar-refractivity contribution in [2.45, 2.75) is 12.5 Å². The zero-order valence-corrected chi connectivity index (χ0v) is 10.6. The minimum atomic E-state index is -0.699. The van der Waals surface area contributed by atoms with Crippen LogP contribution < -0.4 is 0 Å². The van der Waals surface area contributed by atoms with Gasteiger partial charge in [-0.25, -0.2) is 4.39 Å². The van der Waals surface area contributed by atoms with Crippen LogP contribution in [0.4, 0.5) is 4.39 Å². The quantitative estimate of drug-likeness (QED) is 0.943. The van der Waals surface area contributed by atoms with E-state index < -0.39 is 11.9 Å². The fraction of sp³-hybridized carbons (Fsp3) is 0.182. The van der Waals surface area contributed by atoms with Crippen molar-refractivity contribution in [3.63, 3.8) is 0 Å². The number of aromatic nitrogens is 1. The number of hydrogen-bond acceptors (Lipinski definition) is 3. The maximum absolute atomic E-state index is 12.6. The van der Waals surface area contributed by atoms with Gasteiger partial charge in [-0.1, -0.05) is 0 Å². The highest BCUT2D eigenvalue weighted by molar-refractivity contribution is 9.10. The first-order chi connectivity index (χ1) is 7.66. The summed E-state index contributed by atoms with van der Waals surface area (Å²) in [5.41, 5.74) is 0.488. The molecule has 0 fully saturated rings. The zero-order valence-electron chi connectivity index (χ0n) is 8.23. The average molecular weight is 302 g/mol. The fourth-order valence-electron chi connectivity index (χ4n) is 1.34. The molecule has 0 aliphatic carbocycles. The maximum atomic E-state index is 12.6. The third-order valence-electron chi connectivity index (χ3n) is 2.16. The molecule has 2 aromatic heterocycles. The Morgan fingerprint density at radius 2 is 2.25 bits per heavy atom. The van der Waals surface area contributed by atoms with Gasteiger partial charge in [-0.05, 0) is 39.5 Å². The lowest BCUT2D eigenvalue weighted by atomic mass is 10.1. The summed E-state index contributed by atoms with van der Waals surface area (Å²) in [4.78, 5) is 4.91. The van der Waals surface area contributed by atoms with Gasteiger partial charge in [0.2, 0.25) is 0 Å². The van der Waals surface area contributed by atoms with E-state index in [2.05, 4.69) is 20.9 Å². The number of nitrogens with zero attached hydrogens (tertiary/aromatic N) is 1. The van der Waals surface area contributed by atoms with E-state index in [9.17, 15) is 9.50 Å². The fourth-order valence-corrected chi connectivity index (χ4v) is 2.89. The number of hydrogen-bond donors (Lipinski definition) is 1. The Morgan fingerprint density at radius 1 is 1.44 bits per heavy atom. The molecule has 16 heavy (non-hydrogen) atoms. The molecular formula is C11H9BrFNOS. The number of aliphatic hydroxyl groups is 1. The van der Waals surface area contributed by atoms with Gasteiger partial charge in [0.25, 0.3) is 0 Å². The maximum Gasteiger partial charge on any atom is 0.141 e. The van der Waals surface area contributed by atoms with Crippen molar-refractivity contribution in [2.75, 3.05) is 0 Å². The van der Waals surface area contributed by atoms with Crippen LogP contribution in [0.1, 0.15) is 16.7 Å². The van der Waals surface area contributed by atoms with Gasteiger partial charge in [-0.2, -0.15) is 0 Å². The molecule has 2 rings (SSSR count). The summed E-state index contributed by atoms with van der Waals surface area (Å²) in [6, 6.07) is 4.74. The second-order valence-corrected chi connectivity index (χ2v) is 5.17. The third-order valence-corrected chi connectivity index (χ3v) is 4.11. The van der Waals surface area contributed by atoms with Crippen LogP contribution in [0.25, 0.3) is 0 Å². The van der Waals surface area contributed by atoms with Gasteiger partial charge in [0.05, 0.1) is 11.9 Å². The molecule has 1 atom stereocenters. The lowest BCUT2D eigenvalue weighted by Gasteiger charge is -2.08. The van der Waals surface area contributed by atoms with Gasteiger partial charge in [-0.15, -0.1) is 11.3 Å². The molecule has 2 nitrogen and oxygen atoms in total. The number of halogens is 2. The molecule has 0 aliphatic rings. The molecule has 0 aliphatic heterocycles. The Hall–Kier alpha value is -0.780. The van der Waals surface area contributed by atoms with Gasteiger partial charge < -0.3 is 5.11 Å². The van der Waals surface area contributed by atoms with Crippen LogP contribution in [-0.4, -0.2) is 10.1 Å². The lowest BCUT2D eigenvalue weighted by molar-refractivity contribution is 0.174. The second kappa shape index (κ2) is 5.03. The van der Waals surface area contributed by atoms with Crippen LogP contribution in [0, 0.1) is 5.82 Å². The first-order valence-electron chi connectivity index (χ1n) is 4.68. The van der Waals surface area contributed by atoms with Crippen LogP contribution in [0.2, 0.25) is 0 Å². The minimum absolute atomic E-state index is 0.395. The van der Waals surface area contributed by atoms with Crippen molar-refractivity contribution in [1.82, 2.24) is 4.98 Å². The average Bonchev–Trinajstić information content (AvgIpc) is 2.65. The molecule has 1 unspecified atom stereocenters. The Morgan fingerprint density at radius 3 is 2.81 bits per heavy atom. The van der Waals surface area contributed by atoms with Crippen LogP contribution in [0.15, 0.2) is 34.2 Å². The summed E-state index contributed by atoms with van der Waals surface area (Å²) >= 11 is 4.96. The number of thiophene rings is 1. The molecule has 5 heteroatoms. The summed E-state index contributed by atoms with van der Waals surface area (Å²) in [5.74, 6) is -0.395. The molecule has 0 spiro atoms. The van der Waals surface area contributed by atoms with E-state index in [0.29, 0.717) is 12.1 Å². The van der Waals surface area contributed by atoms with E-state index in [1.807, 2.05) is 11.4 Å². The largest absolute Gasteiger partial charge is 0.386 e. The smallest absolute Gasteiger partial charge is 0.141 e. The summed E-state index contributed by atoms with van der Waals surface area (Å²) < 4.78 is 13.6. The molecule has 0 bridgehead atoms. The first kappa shape index (κ1) is 11.7. The van der Waals surface area contributed by atoms with Crippen molar-refractivity contribution < 1.29 is 9.50 Å². The van der Waals surface area contributed by atoms with E-state index >= 15 is 0 Å². The van der Waals surface area contributed by atoms with Crippen LogP contribution >= 0.6 is 27.3 Å². The zero-order chi connectivity index (χ0) is 11.5. The summed E-state index contributed by atoms with van der Waals surface area (Å²) in [7, 11) is 0. The van der Waals surface area contributed by atoms with E-state index in [1.165, 1.54) is 12.1 Å². The number of pyridine rings is 1. The summed E-state index contributed by atoms with van der Waals surface area (Å²) in [6.07, 6.45) is 0.898. The van der Waals surface area contributed by atoms with Crippen molar-refractivity contribution in [1.29, 1.82) is 0 Å². The normalized spacial score (nSPS) is 12.7. The van der Waals surface area contributed by atoms with E-state index in [1.54, 1.807) is 11.3 Å². The molecule has 2 aromatic rings. The van der Waals surface area contributed by atoms with Gasteiger partial charge >= 0.3 is 0 Å². The van der Waals surface area contributed by atoms with Crippen molar-refractivity contribution >= 4 is 27.3 Å². The van der Waals surface area contributed by atoms with E-state index in [-0.39, 0.29) is 0 Å². The van der Waals surface area contributed by atoms with Crippen molar-refractivity contribution in [2.24, 2.45) is 0 Å². The van der Waals surface area contributed by atoms with E-state index in [4.69, 9.17) is 0 Å². The molecule has 84 valence electrons. The van der Waals surface area contributed by atoms with E-state index in [0.717, 1.165) is 15.5 Å². The highest BCUT2D eigenvalue weighted by Crippen LogP contribution is 2.27. The van der Waals surface area contributed by atoms with Gasteiger partial charge in [0.15, 0.2) is 0 Å². The predicted molar refractivity (Wildman–Crippen MR) is 64.9 cm³/mol. The lowest BCUT2D eigenvalue weighted by Crippen LogP contribution is -2.03. The Kier molecular flexibility index (Phi) is 3.68. The molecule has 0 saturated heterocycles. The third kappa shape index (κ3) is 2.66. The van der Waals surface area contributed by atoms with Crippen molar-refractivity contribution in [3.8, 4) is 0 Å². The molecule has 2 heterocycles. The Balaban J connectivity index is 2.11. The van der Waals surface area contributed by atoms with Crippen molar-refractivity contribution in [3.05, 3.63) is 50.6 Å². The van der Waals surface area contributed by atoms with Gasteiger partial charge in [0, 0.05) is 15.8 Å². The number of aliphatic hydroxyl groups excluding tert-OH is 1. The number of rotatable bonds is 3. The topological polar surface area (TPSA) is 33.1 Å². The minimum Gasteiger partial charge on any atom is -0.386 e. The first-order valence-corrected chi connectivity index (χ1v) is 6.35.